The molecular weight excluding hydrogens is 320 g/mol. The molecule has 2 rings (SSSR count). The van der Waals surface area contributed by atoms with Crippen LogP contribution in [0.25, 0.3) is 0 Å². The Kier molecular flexibility index (Phi) is 6.30. The Morgan fingerprint density at radius 2 is 1.96 bits per heavy atom. The van der Waals surface area contributed by atoms with E-state index in [0.717, 1.165) is 6.42 Å². The van der Waals surface area contributed by atoms with Gasteiger partial charge in [0.1, 0.15) is 12.2 Å². The SMILES string of the molecule is CO[C@H]1[C@H](N(C)C(=O)CC2=CC(C)(C)NC(C)(C)C2)COC[C@H]1OC. The smallest absolute Gasteiger partial charge is 0.226 e. The lowest BCUT2D eigenvalue weighted by Crippen LogP contribution is -2.58. The van der Waals surface area contributed by atoms with Crippen molar-refractivity contribution in [3.63, 3.8) is 0 Å². The Hall–Kier alpha value is -0.950. The molecule has 0 radical (unpaired) electrons. The van der Waals surface area contributed by atoms with Gasteiger partial charge < -0.3 is 24.4 Å². The first kappa shape index (κ1) is 20.4. The monoisotopic (exact) mass is 354 g/mol. The largest absolute Gasteiger partial charge is 0.376 e. The summed E-state index contributed by atoms with van der Waals surface area (Å²) in [4.78, 5) is 14.7. The van der Waals surface area contributed by atoms with E-state index in [1.165, 1.54) is 5.57 Å². The van der Waals surface area contributed by atoms with Crippen molar-refractivity contribution in [3.05, 3.63) is 11.6 Å². The number of hydrogen-bond donors (Lipinski definition) is 1. The van der Waals surface area contributed by atoms with Crippen molar-refractivity contribution >= 4 is 5.91 Å². The molecular formula is C19H34N2O4. The molecule has 0 bridgehead atoms. The molecule has 6 nitrogen and oxygen atoms in total. The van der Waals surface area contributed by atoms with Gasteiger partial charge in [-0.15, -0.1) is 0 Å². The summed E-state index contributed by atoms with van der Waals surface area (Å²) in [5, 5.41) is 3.60. The standard InChI is InChI=1S/C19H34N2O4/c1-18(2)9-13(10-19(3,4)20-18)8-16(22)21(5)14-11-25-12-15(23-6)17(14)24-7/h9,14-15,17,20H,8,10-12H2,1-7H3/t14-,15-,17+/m1/s1. The second-order valence-corrected chi connectivity index (χ2v) is 8.47. The molecule has 0 saturated carbocycles. The van der Waals surface area contributed by atoms with Gasteiger partial charge in [-0.3, -0.25) is 4.79 Å². The van der Waals surface area contributed by atoms with Crippen LogP contribution in [-0.4, -0.2) is 74.6 Å². The van der Waals surface area contributed by atoms with Gasteiger partial charge in [0.15, 0.2) is 0 Å². The van der Waals surface area contributed by atoms with Crippen molar-refractivity contribution in [2.45, 2.75) is 69.9 Å². The highest BCUT2D eigenvalue weighted by atomic mass is 16.6. The van der Waals surface area contributed by atoms with E-state index in [9.17, 15) is 4.79 Å². The third-order valence-electron chi connectivity index (χ3n) is 5.05. The number of likely N-dealkylation sites (N-methyl/N-ethyl adjacent to an activating group) is 1. The first-order valence-electron chi connectivity index (χ1n) is 8.97. The molecule has 0 aromatic heterocycles. The van der Waals surface area contributed by atoms with E-state index in [4.69, 9.17) is 14.2 Å². The number of methoxy groups -OCH3 is 2. The van der Waals surface area contributed by atoms with Gasteiger partial charge in [0.05, 0.1) is 19.3 Å². The van der Waals surface area contributed by atoms with E-state index in [0.29, 0.717) is 19.6 Å². The molecule has 1 fully saturated rings. The van der Waals surface area contributed by atoms with Crippen LogP contribution in [0.1, 0.15) is 40.5 Å². The number of hydrogen-bond acceptors (Lipinski definition) is 5. The molecule has 1 N–H and O–H groups in total. The molecule has 1 saturated heterocycles. The van der Waals surface area contributed by atoms with Gasteiger partial charge in [-0.2, -0.15) is 0 Å². The van der Waals surface area contributed by atoms with Crippen molar-refractivity contribution < 1.29 is 19.0 Å². The van der Waals surface area contributed by atoms with E-state index in [1.807, 2.05) is 7.05 Å². The van der Waals surface area contributed by atoms with Gasteiger partial charge >= 0.3 is 0 Å². The van der Waals surface area contributed by atoms with Crippen molar-refractivity contribution in [1.82, 2.24) is 10.2 Å². The van der Waals surface area contributed by atoms with Crippen LogP contribution in [0, 0.1) is 0 Å². The molecule has 1 amide bonds. The molecule has 2 aliphatic heterocycles. The zero-order valence-electron chi connectivity index (χ0n) is 16.7. The van der Waals surface area contributed by atoms with Crippen molar-refractivity contribution in [2.75, 3.05) is 34.5 Å². The first-order valence-corrected chi connectivity index (χ1v) is 8.97. The van der Waals surface area contributed by atoms with Crippen LogP contribution in [0.15, 0.2) is 11.6 Å². The number of nitrogens with zero attached hydrogens (tertiary/aromatic N) is 1. The minimum atomic E-state index is -0.178. The third-order valence-corrected chi connectivity index (χ3v) is 5.05. The molecule has 144 valence electrons. The fourth-order valence-corrected chi connectivity index (χ4v) is 4.28. The van der Waals surface area contributed by atoms with E-state index in [2.05, 4.69) is 39.1 Å². The normalized spacial score (nSPS) is 31.3. The predicted octanol–water partition coefficient (Wildman–Crippen LogP) is 1.74. The van der Waals surface area contributed by atoms with Gasteiger partial charge in [-0.1, -0.05) is 11.6 Å². The molecule has 25 heavy (non-hydrogen) atoms. The first-order chi connectivity index (χ1) is 11.6. The van der Waals surface area contributed by atoms with Crippen LogP contribution in [0.2, 0.25) is 0 Å². The molecule has 6 heteroatoms. The summed E-state index contributed by atoms with van der Waals surface area (Å²) in [6.45, 7) is 9.59. The van der Waals surface area contributed by atoms with E-state index in [1.54, 1.807) is 19.1 Å². The second-order valence-electron chi connectivity index (χ2n) is 8.47. The predicted molar refractivity (Wildman–Crippen MR) is 97.6 cm³/mol. The molecule has 0 aliphatic carbocycles. The Balaban J connectivity index is 2.08. The number of nitrogens with one attached hydrogen (secondary N) is 1. The number of rotatable bonds is 5. The minimum absolute atomic E-state index is 0.0173. The zero-order chi connectivity index (χ0) is 18.8. The fraction of sp³-hybridized carbons (Fsp3) is 0.842. The summed E-state index contributed by atoms with van der Waals surface area (Å²) in [7, 11) is 5.14. The maximum Gasteiger partial charge on any atom is 0.226 e. The summed E-state index contributed by atoms with van der Waals surface area (Å²) >= 11 is 0. The summed E-state index contributed by atoms with van der Waals surface area (Å²) in [6, 6.07) is -0.139. The highest BCUT2D eigenvalue weighted by molar-refractivity contribution is 5.79. The van der Waals surface area contributed by atoms with Gasteiger partial charge in [0.2, 0.25) is 5.91 Å². The maximum atomic E-state index is 12.9. The lowest BCUT2D eigenvalue weighted by molar-refractivity contribution is -0.164. The average Bonchev–Trinajstić information content (AvgIpc) is 2.49. The third kappa shape index (κ3) is 5.03. The topological polar surface area (TPSA) is 60.0 Å². The van der Waals surface area contributed by atoms with Gasteiger partial charge in [-0.25, -0.2) is 0 Å². The highest BCUT2D eigenvalue weighted by Crippen LogP contribution is 2.30. The number of carbonyl (C=O) groups is 1. The van der Waals surface area contributed by atoms with Crippen molar-refractivity contribution in [3.8, 4) is 0 Å². The number of amides is 1. The van der Waals surface area contributed by atoms with Crippen LogP contribution in [0.3, 0.4) is 0 Å². The molecule has 2 heterocycles. The summed E-state index contributed by atoms with van der Waals surface area (Å²) in [6.07, 6.45) is 3.14. The molecule has 0 aromatic carbocycles. The van der Waals surface area contributed by atoms with E-state index < -0.39 is 0 Å². The molecule has 2 aliphatic rings. The Labute approximate surface area is 151 Å². The Morgan fingerprint density at radius 1 is 1.28 bits per heavy atom. The number of carbonyl (C=O) groups excluding carboxylic acids is 1. The van der Waals surface area contributed by atoms with Crippen LogP contribution >= 0.6 is 0 Å². The fourth-order valence-electron chi connectivity index (χ4n) is 4.28. The number of ether oxygens (including phenoxy) is 3. The van der Waals surface area contributed by atoms with Crippen LogP contribution in [0.4, 0.5) is 0 Å². The molecule has 3 atom stereocenters. The van der Waals surface area contributed by atoms with Crippen molar-refractivity contribution in [1.29, 1.82) is 0 Å². The highest BCUT2D eigenvalue weighted by Gasteiger charge is 2.39. The summed E-state index contributed by atoms with van der Waals surface area (Å²) in [5.74, 6) is 0.0900. The summed E-state index contributed by atoms with van der Waals surface area (Å²) in [5.41, 5.74) is 1.05. The molecule has 0 aromatic rings. The minimum Gasteiger partial charge on any atom is -0.376 e. The van der Waals surface area contributed by atoms with Gasteiger partial charge in [0, 0.05) is 38.8 Å². The Bertz CT molecular complexity index is 516. The van der Waals surface area contributed by atoms with E-state index in [-0.39, 0.29) is 35.2 Å². The lowest BCUT2D eigenvalue weighted by atomic mass is 9.82. The van der Waals surface area contributed by atoms with Gasteiger partial charge in [-0.05, 0) is 34.1 Å². The summed E-state index contributed by atoms with van der Waals surface area (Å²) < 4.78 is 16.7. The van der Waals surface area contributed by atoms with Crippen molar-refractivity contribution in [2.24, 2.45) is 0 Å². The zero-order valence-corrected chi connectivity index (χ0v) is 16.7. The van der Waals surface area contributed by atoms with E-state index >= 15 is 0 Å². The Morgan fingerprint density at radius 3 is 2.52 bits per heavy atom. The van der Waals surface area contributed by atoms with Gasteiger partial charge in [0.25, 0.3) is 0 Å². The van der Waals surface area contributed by atoms with Crippen LogP contribution in [-0.2, 0) is 19.0 Å². The lowest BCUT2D eigenvalue weighted by Gasteiger charge is -2.43. The quantitative estimate of drug-likeness (QED) is 0.762. The maximum absolute atomic E-state index is 12.9. The molecule has 0 unspecified atom stereocenters. The molecule has 0 spiro atoms. The van der Waals surface area contributed by atoms with Crippen LogP contribution < -0.4 is 5.32 Å². The average molecular weight is 354 g/mol. The van der Waals surface area contributed by atoms with Crippen LogP contribution in [0.5, 0.6) is 0 Å². The second kappa shape index (κ2) is 7.74.